The molecule has 0 bridgehead atoms. The van der Waals surface area contributed by atoms with Crippen molar-refractivity contribution in [1.29, 1.82) is 0 Å². The first-order valence-electron chi connectivity index (χ1n) is 5.81. The lowest BCUT2D eigenvalue weighted by Crippen LogP contribution is -2.14. The summed E-state index contributed by atoms with van der Waals surface area (Å²) in [4.78, 5) is 16.1. The fraction of sp³-hybridized carbons (Fsp3) is 0.143. The van der Waals surface area contributed by atoms with Gasteiger partial charge in [0.25, 0.3) is 5.91 Å². The second-order valence-corrected chi connectivity index (χ2v) is 4.50. The molecule has 98 valence electrons. The van der Waals surface area contributed by atoms with E-state index in [1.54, 1.807) is 31.6 Å². The van der Waals surface area contributed by atoms with Crippen LogP contribution in [0.3, 0.4) is 0 Å². The van der Waals surface area contributed by atoms with Crippen LogP contribution in [0, 0.1) is 6.92 Å². The largest absolute Gasteiger partial charge is 0.386 e. The summed E-state index contributed by atoms with van der Waals surface area (Å²) in [5.41, 5.74) is 2.85. The number of aromatic nitrogens is 1. The molecule has 0 unspecified atom stereocenters. The summed E-state index contributed by atoms with van der Waals surface area (Å²) in [6, 6.07) is 7.08. The van der Waals surface area contributed by atoms with Gasteiger partial charge >= 0.3 is 0 Å². The zero-order chi connectivity index (χ0) is 13.8. The zero-order valence-corrected chi connectivity index (χ0v) is 11.5. The third-order valence-corrected chi connectivity index (χ3v) is 3.17. The number of carbonyl (C=O) groups is 1. The molecule has 2 N–H and O–H groups in total. The van der Waals surface area contributed by atoms with Gasteiger partial charge in [-0.2, -0.15) is 0 Å². The number of hydrogen-bond acceptors (Lipinski definition) is 3. The van der Waals surface area contributed by atoms with Crippen molar-refractivity contribution in [2.45, 2.75) is 6.92 Å². The summed E-state index contributed by atoms with van der Waals surface area (Å²) >= 11 is 6.03. The number of aryl methyl sites for hydroxylation is 1. The SMILES string of the molecule is CNc1cnccc1C(=O)Nc1ccc(C)c(Cl)c1. The van der Waals surface area contributed by atoms with Gasteiger partial charge in [0.1, 0.15) is 0 Å². The van der Waals surface area contributed by atoms with Gasteiger partial charge in [0, 0.05) is 24.0 Å². The van der Waals surface area contributed by atoms with Crippen LogP contribution < -0.4 is 10.6 Å². The molecule has 0 aliphatic heterocycles. The Kier molecular flexibility index (Phi) is 4.02. The van der Waals surface area contributed by atoms with Crippen LogP contribution in [0.1, 0.15) is 15.9 Å². The number of amides is 1. The molecule has 0 radical (unpaired) electrons. The maximum absolute atomic E-state index is 12.2. The van der Waals surface area contributed by atoms with Crippen LogP contribution in [-0.2, 0) is 0 Å². The second-order valence-electron chi connectivity index (χ2n) is 4.09. The van der Waals surface area contributed by atoms with Crippen molar-refractivity contribution >= 4 is 28.9 Å². The molecule has 0 atom stereocenters. The Morgan fingerprint density at radius 1 is 1.32 bits per heavy atom. The average Bonchev–Trinajstić information content (AvgIpc) is 2.43. The quantitative estimate of drug-likeness (QED) is 0.903. The molecular weight excluding hydrogens is 262 g/mol. The maximum Gasteiger partial charge on any atom is 0.257 e. The summed E-state index contributed by atoms with van der Waals surface area (Å²) in [5, 5.41) is 6.37. The van der Waals surface area contributed by atoms with Crippen molar-refractivity contribution in [2.75, 3.05) is 17.7 Å². The Morgan fingerprint density at radius 3 is 2.79 bits per heavy atom. The lowest BCUT2D eigenvalue weighted by atomic mass is 10.2. The summed E-state index contributed by atoms with van der Waals surface area (Å²) in [5.74, 6) is -0.202. The van der Waals surface area contributed by atoms with Crippen molar-refractivity contribution in [3.05, 3.63) is 52.8 Å². The molecule has 1 aromatic carbocycles. The van der Waals surface area contributed by atoms with E-state index in [-0.39, 0.29) is 5.91 Å². The number of anilines is 2. The normalized spacial score (nSPS) is 10.1. The summed E-state index contributed by atoms with van der Waals surface area (Å²) < 4.78 is 0. The molecule has 0 aliphatic rings. The van der Waals surface area contributed by atoms with Crippen LogP contribution in [0.25, 0.3) is 0 Å². The van der Waals surface area contributed by atoms with E-state index in [4.69, 9.17) is 11.6 Å². The number of nitrogens with one attached hydrogen (secondary N) is 2. The van der Waals surface area contributed by atoms with Crippen LogP contribution >= 0.6 is 11.6 Å². The first kappa shape index (κ1) is 13.4. The Bertz CT molecular complexity index is 613. The molecule has 5 heteroatoms. The number of carbonyl (C=O) groups excluding carboxylic acids is 1. The summed E-state index contributed by atoms with van der Waals surface area (Å²) in [6.07, 6.45) is 3.19. The van der Waals surface area contributed by atoms with E-state index in [9.17, 15) is 4.79 Å². The maximum atomic E-state index is 12.2. The Balaban J connectivity index is 2.23. The molecule has 19 heavy (non-hydrogen) atoms. The first-order chi connectivity index (χ1) is 9.11. The molecule has 0 spiro atoms. The minimum atomic E-state index is -0.202. The first-order valence-corrected chi connectivity index (χ1v) is 6.19. The van der Waals surface area contributed by atoms with Crippen molar-refractivity contribution in [3.63, 3.8) is 0 Å². The molecule has 1 heterocycles. The van der Waals surface area contributed by atoms with E-state index in [1.807, 2.05) is 19.1 Å². The highest BCUT2D eigenvalue weighted by atomic mass is 35.5. The molecule has 0 saturated carbocycles. The monoisotopic (exact) mass is 275 g/mol. The fourth-order valence-electron chi connectivity index (χ4n) is 1.66. The molecule has 4 nitrogen and oxygen atoms in total. The van der Waals surface area contributed by atoms with Crippen LogP contribution in [0.2, 0.25) is 5.02 Å². The van der Waals surface area contributed by atoms with E-state index in [0.29, 0.717) is 22.0 Å². The topological polar surface area (TPSA) is 54.0 Å². The van der Waals surface area contributed by atoms with Gasteiger partial charge in [0.05, 0.1) is 17.4 Å². The van der Waals surface area contributed by atoms with Gasteiger partial charge in [-0.1, -0.05) is 17.7 Å². The Labute approximate surface area is 116 Å². The van der Waals surface area contributed by atoms with Crippen molar-refractivity contribution in [2.24, 2.45) is 0 Å². The predicted octanol–water partition coefficient (Wildman–Crippen LogP) is 3.34. The number of nitrogens with zero attached hydrogens (tertiary/aromatic N) is 1. The minimum absolute atomic E-state index is 0.202. The van der Waals surface area contributed by atoms with Crippen LogP contribution in [0.15, 0.2) is 36.7 Å². The van der Waals surface area contributed by atoms with E-state index in [1.165, 1.54) is 0 Å². The Morgan fingerprint density at radius 2 is 2.11 bits per heavy atom. The van der Waals surface area contributed by atoms with Gasteiger partial charge in [-0.25, -0.2) is 0 Å². The minimum Gasteiger partial charge on any atom is -0.386 e. The summed E-state index contributed by atoms with van der Waals surface area (Å²) in [6.45, 7) is 1.91. The fourth-order valence-corrected chi connectivity index (χ4v) is 1.84. The molecule has 0 aliphatic carbocycles. The zero-order valence-electron chi connectivity index (χ0n) is 10.7. The highest BCUT2D eigenvalue weighted by Gasteiger charge is 2.11. The average molecular weight is 276 g/mol. The van der Waals surface area contributed by atoms with Crippen molar-refractivity contribution < 1.29 is 4.79 Å². The third-order valence-electron chi connectivity index (χ3n) is 2.76. The molecular formula is C14H14ClN3O. The standard InChI is InChI=1S/C14H14ClN3O/c1-9-3-4-10(7-12(9)15)18-14(19)11-5-6-17-8-13(11)16-2/h3-8,16H,1-2H3,(H,18,19). The van der Waals surface area contributed by atoms with Crippen LogP contribution in [0.5, 0.6) is 0 Å². The molecule has 2 aromatic rings. The van der Waals surface area contributed by atoms with Gasteiger partial charge in [-0.05, 0) is 30.7 Å². The van der Waals surface area contributed by atoms with E-state index >= 15 is 0 Å². The van der Waals surface area contributed by atoms with E-state index in [0.717, 1.165) is 5.56 Å². The van der Waals surface area contributed by atoms with Crippen molar-refractivity contribution in [1.82, 2.24) is 4.98 Å². The highest BCUT2D eigenvalue weighted by molar-refractivity contribution is 6.31. The molecule has 1 aromatic heterocycles. The predicted molar refractivity (Wildman–Crippen MR) is 77.9 cm³/mol. The van der Waals surface area contributed by atoms with Gasteiger partial charge in [-0.15, -0.1) is 0 Å². The highest BCUT2D eigenvalue weighted by Crippen LogP contribution is 2.21. The molecule has 2 rings (SSSR count). The van der Waals surface area contributed by atoms with Crippen LogP contribution in [0.4, 0.5) is 11.4 Å². The number of hydrogen-bond donors (Lipinski definition) is 2. The lowest BCUT2D eigenvalue weighted by Gasteiger charge is -2.10. The molecule has 1 amide bonds. The van der Waals surface area contributed by atoms with E-state index in [2.05, 4.69) is 15.6 Å². The van der Waals surface area contributed by atoms with Crippen LogP contribution in [-0.4, -0.2) is 17.9 Å². The number of rotatable bonds is 3. The molecule has 0 fully saturated rings. The number of pyridine rings is 1. The number of halogens is 1. The third kappa shape index (κ3) is 3.03. The van der Waals surface area contributed by atoms with Crippen molar-refractivity contribution in [3.8, 4) is 0 Å². The molecule has 0 saturated heterocycles. The summed E-state index contributed by atoms with van der Waals surface area (Å²) in [7, 11) is 1.75. The Hall–Kier alpha value is -2.07. The van der Waals surface area contributed by atoms with Gasteiger partial charge in [0.15, 0.2) is 0 Å². The van der Waals surface area contributed by atoms with E-state index < -0.39 is 0 Å². The number of benzene rings is 1. The van der Waals surface area contributed by atoms with Gasteiger partial charge in [0.2, 0.25) is 0 Å². The van der Waals surface area contributed by atoms with Gasteiger partial charge < -0.3 is 10.6 Å². The second kappa shape index (κ2) is 5.71. The smallest absolute Gasteiger partial charge is 0.257 e. The van der Waals surface area contributed by atoms with Gasteiger partial charge in [-0.3, -0.25) is 9.78 Å². The lowest BCUT2D eigenvalue weighted by molar-refractivity contribution is 0.102.